The molecule has 0 aromatic rings. The van der Waals surface area contributed by atoms with E-state index in [1.165, 1.54) is 0 Å². The Morgan fingerprint density at radius 2 is 2.00 bits per heavy atom. The number of phosphoric ester groups is 1. The van der Waals surface area contributed by atoms with Crippen LogP contribution in [-0.4, -0.2) is 71.2 Å². The summed E-state index contributed by atoms with van der Waals surface area (Å²) in [5.74, 6) is -1.38. The van der Waals surface area contributed by atoms with Gasteiger partial charge in [0.15, 0.2) is 0 Å². The number of hydrogen-bond donors (Lipinski definition) is 4. The van der Waals surface area contributed by atoms with Crippen molar-refractivity contribution in [2.24, 2.45) is 5.73 Å². The number of carbonyl (C=O) groups is 1. The quantitative estimate of drug-likeness (QED) is 0.325. The molecule has 7 nitrogen and oxygen atoms in total. The van der Waals surface area contributed by atoms with Gasteiger partial charge in [0.2, 0.25) is 0 Å². The van der Waals surface area contributed by atoms with Crippen LogP contribution in [0.5, 0.6) is 0 Å². The van der Waals surface area contributed by atoms with Gasteiger partial charge in [-0.25, -0.2) is 4.57 Å². The molecule has 5 N–H and O–H groups in total. The van der Waals surface area contributed by atoms with Gasteiger partial charge >= 0.3 is 13.8 Å². The van der Waals surface area contributed by atoms with E-state index in [0.717, 1.165) is 0 Å². The summed E-state index contributed by atoms with van der Waals surface area (Å²) < 4.78 is 13.8. The van der Waals surface area contributed by atoms with Crippen molar-refractivity contribution >= 4 is 51.5 Å². The van der Waals surface area contributed by atoms with Crippen molar-refractivity contribution in [3.63, 3.8) is 0 Å². The van der Waals surface area contributed by atoms with Crippen LogP contribution in [-0.2, 0) is 13.9 Å². The number of carboxylic acid groups (broad SMARTS) is 1. The van der Waals surface area contributed by atoms with Crippen LogP contribution in [0.2, 0.25) is 0 Å². The predicted molar refractivity (Wildman–Crippen MR) is 39.4 cm³/mol. The molecule has 0 aromatic carbocycles. The molecule has 0 amide bonds. The maximum Gasteiger partial charge on any atom is 0.469 e. The number of hydrogen-bond acceptors (Lipinski definition) is 4. The summed E-state index contributed by atoms with van der Waals surface area (Å²) in [5, 5.41) is 8.12. The molecule has 0 aliphatic carbocycles. The van der Waals surface area contributed by atoms with Crippen LogP contribution in [0, 0.1) is 0 Å². The fourth-order valence-corrected chi connectivity index (χ4v) is 0.603. The van der Waals surface area contributed by atoms with Crippen LogP contribution in [0.15, 0.2) is 0 Å². The fourth-order valence-electron chi connectivity index (χ4n) is 0.249. The Hall–Kier alpha value is 0.800. The minimum atomic E-state index is -4.60. The van der Waals surface area contributed by atoms with E-state index < -0.39 is 26.4 Å². The number of phosphoric acid groups is 1. The monoisotopic (exact) mass is 225 g/mol. The van der Waals surface area contributed by atoms with E-state index in [0.29, 0.717) is 0 Å². The van der Waals surface area contributed by atoms with E-state index in [2.05, 4.69) is 4.52 Å². The van der Waals surface area contributed by atoms with Crippen LogP contribution in [0.1, 0.15) is 0 Å². The molecular weight excluding hydrogens is 217 g/mol. The molecule has 0 rings (SSSR count). The number of aliphatic carboxylic acids is 1. The van der Waals surface area contributed by atoms with Gasteiger partial charge in [0, 0.05) is 37.7 Å². The molecule has 1 atom stereocenters. The fraction of sp³-hybridized carbons (Fsp3) is 0.667. The van der Waals surface area contributed by atoms with E-state index >= 15 is 0 Å². The molecule has 0 fully saturated rings. The number of rotatable bonds is 4. The van der Waals surface area contributed by atoms with Crippen molar-refractivity contribution in [3.05, 3.63) is 0 Å². The molecular formula is C3H8CaNO6P. The van der Waals surface area contributed by atoms with Gasteiger partial charge < -0.3 is 20.6 Å². The third-order valence-electron chi connectivity index (χ3n) is 0.739. The van der Waals surface area contributed by atoms with Gasteiger partial charge in [-0.15, -0.1) is 0 Å². The molecule has 9 heteroatoms. The zero-order valence-electron chi connectivity index (χ0n) is 6.08. The first-order valence-corrected chi connectivity index (χ1v) is 4.04. The predicted octanol–water partition coefficient (Wildman–Crippen LogP) is -1.87. The second kappa shape index (κ2) is 6.28. The molecule has 0 bridgehead atoms. The summed E-state index contributed by atoms with van der Waals surface area (Å²) >= 11 is 0. The van der Waals surface area contributed by atoms with Crippen LogP contribution < -0.4 is 5.73 Å². The Kier molecular flexibility index (Phi) is 8.00. The zero-order chi connectivity index (χ0) is 9.07. The summed E-state index contributed by atoms with van der Waals surface area (Å²) in [7, 11) is -4.60. The van der Waals surface area contributed by atoms with Crippen molar-refractivity contribution < 1.29 is 28.8 Å². The van der Waals surface area contributed by atoms with Gasteiger partial charge in [0.05, 0.1) is 6.61 Å². The van der Waals surface area contributed by atoms with Crippen LogP contribution in [0.25, 0.3) is 0 Å². The van der Waals surface area contributed by atoms with Crippen molar-refractivity contribution in [3.8, 4) is 0 Å². The smallest absolute Gasteiger partial charge is 0.469 e. The largest absolute Gasteiger partial charge is 0.480 e. The molecule has 0 aromatic heterocycles. The standard InChI is InChI=1S/C3H8NO6P.Ca/c4-2(3(5)6)1-10-11(7,8)9;/h2H,1,4H2,(H,5,6)(H2,7,8,9);/t2-;/m0./s1. The molecule has 0 heterocycles. The maximum atomic E-state index is 9.98. The van der Waals surface area contributed by atoms with Crippen molar-refractivity contribution in [2.75, 3.05) is 6.61 Å². The molecule has 68 valence electrons. The van der Waals surface area contributed by atoms with Gasteiger partial charge in [0.1, 0.15) is 6.04 Å². The molecule has 0 unspecified atom stereocenters. The van der Waals surface area contributed by atoms with Crippen molar-refractivity contribution in [1.82, 2.24) is 0 Å². The Balaban J connectivity index is 0. The minimum Gasteiger partial charge on any atom is -0.480 e. The van der Waals surface area contributed by atoms with E-state index in [1.807, 2.05) is 0 Å². The third-order valence-corrected chi connectivity index (χ3v) is 1.22. The molecule has 12 heavy (non-hydrogen) atoms. The first-order valence-electron chi connectivity index (χ1n) is 2.51. The summed E-state index contributed by atoms with van der Waals surface area (Å²) in [6.07, 6.45) is 0. The number of nitrogens with two attached hydrogens (primary N) is 1. The van der Waals surface area contributed by atoms with Gasteiger partial charge in [0.25, 0.3) is 0 Å². The second-order valence-electron chi connectivity index (χ2n) is 1.73. The Labute approximate surface area is 98.1 Å². The first-order chi connectivity index (χ1) is 4.83. The van der Waals surface area contributed by atoms with E-state index in [9.17, 15) is 9.36 Å². The maximum absolute atomic E-state index is 9.98. The summed E-state index contributed by atoms with van der Waals surface area (Å²) in [6.45, 7) is -0.709. The van der Waals surface area contributed by atoms with Crippen molar-refractivity contribution in [2.45, 2.75) is 6.04 Å². The molecule has 0 saturated heterocycles. The average Bonchev–Trinajstić information content (AvgIpc) is 1.80. The first kappa shape index (κ1) is 15.3. The summed E-state index contributed by atoms with van der Waals surface area (Å²) in [6, 6.07) is -1.41. The van der Waals surface area contributed by atoms with Gasteiger partial charge in [-0.3, -0.25) is 9.32 Å². The van der Waals surface area contributed by atoms with Gasteiger partial charge in [-0.1, -0.05) is 0 Å². The van der Waals surface area contributed by atoms with Gasteiger partial charge in [-0.05, 0) is 0 Å². The molecule has 0 aliphatic heterocycles. The topological polar surface area (TPSA) is 130 Å². The van der Waals surface area contributed by atoms with E-state index in [1.54, 1.807) is 0 Å². The van der Waals surface area contributed by atoms with Crippen LogP contribution >= 0.6 is 7.82 Å². The minimum absolute atomic E-state index is 0. The van der Waals surface area contributed by atoms with E-state index in [4.69, 9.17) is 20.6 Å². The van der Waals surface area contributed by atoms with Crippen LogP contribution in [0.4, 0.5) is 0 Å². The third kappa shape index (κ3) is 8.89. The average molecular weight is 225 g/mol. The van der Waals surface area contributed by atoms with Crippen LogP contribution in [0.3, 0.4) is 0 Å². The van der Waals surface area contributed by atoms with E-state index in [-0.39, 0.29) is 37.7 Å². The van der Waals surface area contributed by atoms with Crippen molar-refractivity contribution in [1.29, 1.82) is 0 Å². The molecule has 0 saturated carbocycles. The second-order valence-corrected chi connectivity index (χ2v) is 2.97. The SMILES string of the molecule is N[C@@H](COP(=O)(O)O)C(=O)O.[Ca]. The molecule has 2 radical (unpaired) electrons. The Morgan fingerprint density at radius 1 is 1.58 bits per heavy atom. The molecule has 0 spiro atoms. The zero-order valence-corrected chi connectivity index (χ0v) is 9.19. The molecule has 0 aliphatic rings. The van der Waals surface area contributed by atoms with Gasteiger partial charge in [-0.2, -0.15) is 0 Å². The summed E-state index contributed by atoms with van der Waals surface area (Å²) in [4.78, 5) is 26.1. The normalized spacial score (nSPS) is 13.2. The summed E-state index contributed by atoms with van der Waals surface area (Å²) in [5.41, 5.74) is 4.86. The Bertz CT molecular complexity index is 191. The number of carboxylic acids is 1. The Morgan fingerprint density at radius 3 is 2.25 bits per heavy atom.